The number of hydrogen-bond donors (Lipinski definition) is 1. The molecular formula is C21H23N3O5S. The monoisotopic (exact) mass is 429 g/mol. The van der Waals surface area contributed by atoms with Gasteiger partial charge < -0.3 is 9.73 Å². The molecule has 1 aliphatic rings. The van der Waals surface area contributed by atoms with Crippen molar-refractivity contribution in [1.82, 2.24) is 8.87 Å². The molecule has 0 spiro atoms. The Balaban J connectivity index is 1.39. The molecule has 2 aromatic carbocycles. The Kier molecular flexibility index (Phi) is 5.74. The molecule has 0 radical (unpaired) electrons. The molecule has 0 unspecified atom stereocenters. The standard InChI is InChI=1S/C21H23N3O5S/c25-20(12-15-24-18-6-2-3-7-19(18)29-21(24)26)22-16-8-10-17(11-9-16)30(27,28)23-13-4-1-5-14-23/h2-3,6-11H,1,4-5,12-15H2,(H,22,25). The lowest BCUT2D eigenvalue weighted by atomic mass is 10.2. The number of aromatic nitrogens is 1. The van der Waals surface area contributed by atoms with Crippen molar-refractivity contribution in [3.05, 3.63) is 59.1 Å². The molecule has 1 aliphatic heterocycles. The van der Waals surface area contributed by atoms with E-state index in [1.165, 1.54) is 21.0 Å². The van der Waals surface area contributed by atoms with E-state index in [1.807, 2.05) is 0 Å². The number of sulfonamides is 1. The highest BCUT2D eigenvalue weighted by Crippen LogP contribution is 2.22. The SMILES string of the molecule is O=C(CCn1c(=O)oc2ccccc21)Nc1ccc(S(=O)(=O)N2CCCCC2)cc1. The number of rotatable bonds is 6. The average Bonchev–Trinajstić information content (AvgIpc) is 3.08. The van der Waals surface area contributed by atoms with Gasteiger partial charge in [-0.05, 0) is 49.2 Å². The molecule has 8 nitrogen and oxygen atoms in total. The third-order valence-electron chi connectivity index (χ3n) is 5.23. The summed E-state index contributed by atoms with van der Waals surface area (Å²) in [5.41, 5.74) is 1.62. The minimum atomic E-state index is -3.50. The van der Waals surface area contributed by atoms with Crippen LogP contribution in [-0.2, 0) is 21.4 Å². The number of nitrogens with zero attached hydrogens (tertiary/aromatic N) is 2. The smallest absolute Gasteiger partial charge is 0.408 e. The van der Waals surface area contributed by atoms with Crippen LogP contribution in [0.2, 0.25) is 0 Å². The quantitative estimate of drug-likeness (QED) is 0.649. The van der Waals surface area contributed by atoms with Crippen LogP contribution in [0.25, 0.3) is 11.1 Å². The van der Waals surface area contributed by atoms with E-state index >= 15 is 0 Å². The number of nitrogens with one attached hydrogen (secondary N) is 1. The van der Waals surface area contributed by atoms with E-state index in [9.17, 15) is 18.0 Å². The number of amides is 1. The molecule has 1 saturated heterocycles. The van der Waals surface area contributed by atoms with Gasteiger partial charge in [-0.25, -0.2) is 13.2 Å². The first-order chi connectivity index (χ1) is 14.4. The van der Waals surface area contributed by atoms with Gasteiger partial charge in [0.25, 0.3) is 0 Å². The van der Waals surface area contributed by atoms with Crippen molar-refractivity contribution in [1.29, 1.82) is 0 Å². The Hall–Kier alpha value is -2.91. The fourth-order valence-electron chi connectivity index (χ4n) is 3.63. The molecule has 2 heterocycles. The maximum absolute atomic E-state index is 12.7. The highest BCUT2D eigenvalue weighted by atomic mass is 32.2. The molecule has 1 amide bonds. The maximum atomic E-state index is 12.7. The molecule has 0 atom stereocenters. The molecule has 30 heavy (non-hydrogen) atoms. The van der Waals surface area contributed by atoms with E-state index in [2.05, 4.69) is 5.32 Å². The van der Waals surface area contributed by atoms with Gasteiger partial charge in [0.05, 0.1) is 10.4 Å². The van der Waals surface area contributed by atoms with Gasteiger partial charge in [0.1, 0.15) is 0 Å². The lowest BCUT2D eigenvalue weighted by Crippen LogP contribution is -2.35. The van der Waals surface area contributed by atoms with Gasteiger partial charge in [-0.15, -0.1) is 0 Å². The third-order valence-corrected chi connectivity index (χ3v) is 7.14. The predicted octanol–water partition coefficient (Wildman–Crippen LogP) is 2.80. The van der Waals surface area contributed by atoms with Crippen molar-refractivity contribution in [3.8, 4) is 0 Å². The van der Waals surface area contributed by atoms with Crippen molar-refractivity contribution in [2.45, 2.75) is 37.1 Å². The summed E-state index contributed by atoms with van der Waals surface area (Å²) in [5.74, 6) is -0.782. The summed E-state index contributed by atoms with van der Waals surface area (Å²) < 4.78 is 33.5. The molecule has 4 rings (SSSR count). The zero-order valence-corrected chi connectivity index (χ0v) is 17.2. The number of aryl methyl sites for hydroxylation is 1. The Morgan fingerprint density at radius 1 is 1.00 bits per heavy atom. The third kappa shape index (κ3) is 4.17. The van der Waals surface area contributed by atoms with Gasteiger partial charge in [-0.3, -0.25) is 9.36 Å². The number of oxazole rings is 1. The van der Waals surface area contributed by atoms with Gasteiger partial charge >= 0.3 is 5.76 Å². The van der Waals surface area contributed by atoms with Gasteiger partial charge in [0, 0.05) is 31.7 Å². The van der Waals surface area contributed by atoms with E-state index in [-0.39, 0.29) is 23.8 Å². The largest absolute Gasteiger partial charge is 0.419 e. The van der Waals surface area contributed by atoms with Crippen LogP contribution in [-0.4, -0.2) is 36.3 Å². The summed E-state index contributed by atoms with van der Waals surface area (Å²) in [5, 5.41) is 2.74. The summed E-state index contributed by atoms with van der Waals surface area (Å²) in [4.78, 5) is 24.5. The molecule has 1 N–H and O–H groups in total. The lowest BCUT2D eigenvalue weighted by molar-refractivity contribution is -0.116. The summed E-state index contributed by atoms with van der Waals surface area (Å²) in [6.45, 7) is 1.27. The number of hydrogen-bond acceptors (Lipinski definition) is 5. The summed E-state index contributed by atoms with van der Waals surface area (Å²) in [6, 6.07) is 13.2. The molecule has 0 bridgehead atoms. The molecule has 0 saturated carbocycles. The number of benzene rings is 2. The highest BCUT2D eigenvalue weighted by Gasteiger charge is 2.25. The van der Waals surface area contributed by atoms with E-state index in [0.717, 1.165) is 19.3 Å². The molecular weight excluding hydrogens is 406 g/mol. The fourth-order valence-corrected chi connectivity index (χ4v) is 5.14. The Morgan fingerprint density at radius 2 is 1.70 bits per heavy atom. The van der Waals surface area contributed by atoms with E-state index in [4.69, 9.17) is 4.42 Å². The van der Waals surface area contributed by atoms with Crippen molar-refractivity contribution in [2.75, 3.05) is 18.4 Å². The Bertz CT molecular complexity index is 1210. The second-order valence-corrected chi connectivity index (χ2v) is 9.21. The first-order valence-corrected chi connectivity index (χ1v) is 11.4. The van der Waals surface area contributed by atoms with Crippen LogP contribution in [0.4, 0.5) is 5.69 Å². The van der Waals surface area contributed by atoms with Crippen LogP contribution < -0.4 is 11.1 Å². The molecule has 158 valence electrons. The van der Waals surface area contributed by atoms with Crippen LogP contribution in [0.5, 0.6) is 0 Å². The Labute approximate surface area is 174 Å². The van der Waals surface area contributed by atoms with Crippen LogP contribution in [0.15, 0.2) is 62.6 Å². The van der Waals surface area contributed by atoms with E-state index in [1.54, 1.807) is 36.4 Å². The van der Waals surface area contributed by atoms with Crippen molar-refractivity contribution in [3.63, 3.8) is 0 Å². The van der Waals surface area contributed by atoms with Crippen LogP contribution in [0, 0.1) is 0 Å². The van der Waals surface area contributed by atoms with Crippen LogP contribution >= 0.6 is 0 Å². The predicted molar refractivity (Wildman–Crippen MR) is 113 cm³/mol. The summed E-state index contributed by atoms with van der Waals surface area (Å²) in [7, 11) is -3.50. The zero-order chi connectivity index (χ0) is 21.1. The fraction of sp³-hybridized carbons (Fsp3) is 0.333. The molecule has 3 aromatic rings. The van der Waals surface area contributed by atoms with Crippen LogP contribution in [0.1, 0.15) is 25.7 Å². The van der Waals surface area contributed by atoms with E-state index in [0.29, 0.717) is 29.9 Å². The summed E-state index contributed by atoms with van der Waals surface area (Å²) in [6.07, 6.45) is 2.89. The first kappa shape index (κ1) is 20.4. The number of carbonyl (C=O) groups is 1. The number of piperidine rings is 1. The highest BCUT2D eigenvalue weighted by molar-refractivity contribution is 7.89. The number of carbonyl (C=O) groups excluding carboxylic acids is 1. The van der Waals surface area contributed by atoms with Gasteiger partial charge in [0.15, 0.2) is 5.58 Å². The topological polar surface area (TPSA) is 102 Å². The molecule has 0 aliphatic carbocycles. The number of fused-ring (bicyclic) bond motifs is 1. The number of para-hydroxylation sites is 2. The van der Waals surface area contributed by atoms with Gasteiger partial charge in [-0.2, -0.15) is 4.31 Å². The normalized spacial score (nSPS) is 15.3. The minimum absolute atomic E-state index is 0.0806. The second kappa shape index (κ2) is 8.45. The second-order valence-electron chi connectivity index (χ2n) is 7.27. The molecule has 1 fully saturated rings. The maximum Gasteiger partial charge on any atom is 0.419 e. The van der Waals surface area contributed by atoms with Gasteiger partial charge in [-0.1, -0.05) is 18.6 Å². The first-order valence-electron chi connectivity index (χ1n) is 9.93. The van der Waals surface area contributed by atoms with Crippen molar-refractivity contribution < 1.29 is 17.6 Å². The molecule has 9 heteroatoms. The Morgan fingerprint density at radius 3 is 2.43 bits per heavy atom. The average molecular weight is 429 g/mol. The number of anilines is 1. The van der Waals surface area contributed by atoms with Crippen molar-refractivity contribution >= 4 is 32.7 Å². The lowest BCUT2D eigenvalue weighted by Gasteiger charge is -2.25. The molecule has 1 aromatic heterocycles. The minimum Gasteiger partial charge on any atom is -0.408 e. The summed E-state index contributed by atoms with van der Waals surface area (Å²) >= 11 is 0. The zero-order valence-electron chi connectivity index (χ0n) is 16.4. The van der Waals surface area contributed by atoms with Crippen molar-refractivity contribution in [2.24, 2.45) is 0 Å². The van der Waals surface area contributed by atoms with E-state index < -0.39 is 15.8 Å². The van der Waals surface area contributed by atoms with Crippen LogP contribution in [0.3, 0.4) is 0 Å². The van der Waals surface area contributed by atoms with Gasteiger partial charge in [0.2, 0.25) is 15.9 Å².